The number of hydrogen-bond acceptors (Lipinski definition) is 0. The van der Waals surface area contributed by atoms with Crippen molar-refractivity contribution in [2.75, 3.05) is 0 Å². The first-order chi connectivity index (χ1) is 14.4. The van der Waals surface area contributed by atoms with Crippen molar-refractivity contribution >= 4 is 68.9 Å². The summed E-state index contributed by atoms with van der Waals surface area (Å²) in [6, 6.07) is 43.8. The fraction of sp³-hybridized carbons (Fsp3) is 0. The minimum absolute atomic E-state index is 1.39. The van der Waals surface area contributed by atoms with E-state index in [1.165, 1.54) is 21.2 Å². The van der Waals surface area contributed by atoms with Gasteiger partial charge in [0.05, 0.1) is 0 Å². The molecular weight excluding hydrogens is 517 g/mol. The molecule has 0 unspecified atom stereocenters. The van der Waals surface area contributed by atoms with Gasteiger partial charge in [-0.05, 0) is 48.5 Å². The molecule has 157 valence electrons. The van der Waals surface area contributed by atoms with Crippen LogP contribution in [0.15, 0.2) is 121 Å². The molecule has 4 aromatic rings. The third-order valence-electron chi connectivity index (χ3n) is 4.57. The maximum Gasteiger partial charge on any atom is 0.144 e. The Balaban J connectivity index is 0.000000461. The third kappa shape index (κ3) is 6.03. The molecule has 0 saturated carbocycles. The van der Waals surface area contributed by atoms with Crippen LogP contribution in [0, 0.1) is 0 Å². The fourth-order valence-electron chi connectivity index (χ4n) is 3.50. The Bertz CT molecular complexity index is 855. The Labute approximate surface area is 198 Å². The second-order valence-corrected chi connectivity index (χ2v) is 20.7. The van der Waals surface area contributed by atoms with Crippen LogP contribution in [0.4, 0.5) is 0 Å². The van der Waals surface area contributed by atoms with E-state index < -0.39 is 16.5 Å². The van der Waals surface area contributed by atoms with Crippen molar-refractivity contribution in [3.05, 3.63) is 121 Å². The molecule has 0 saturated heterocycles. The van der Waals surface area contributed by atoms with Gasteiger partial charge in [-0.2, -0.15) is 0 Å². The van der Waals surface area contributed by atoms with Crippen LogP contribution in [0.25, 0.3) is 0 Å². The van der Waals surface area contributed by atoms with Gasteiger partial charge in [-0.3, -0.25) is 0 Å². The molecule has 0 aliphatic carbocycles. The van der Waals surface area contributed by atoms with E-state index in [0.29, 0.717) is 0 Å². The molecule has 0 amide bonds. The van der Waals surface area contributed by atoms with Gasteiger partial charge in [0, 0.05) is 0 Å². The number of benzene rings is 4. The van der Waals surface area contributed by atoms with E-state index in [0.717, 1.165) is 0 Å². The fourth-order valence-corrected chi connectivity index (χ4v) is 7.77. The first-order valence-corrected chi connectivity index (χ1v) is 16.9. The van der Waals surface area contributed by atoms with Crippen LogP contribution >= 0.6 is 47.7 Å². The van der Waals surface area contributed by atoms with Crippen LogP contribution in [-0.2, 0) is 9.20 Å². The normalized spacial score (nSPS) is 11.9. The van der Waals surface area contributed by atoms with E-state index in [1.54, 1.807) is 0 Å². The molecule has 0 N–H and O–H groups in total. The quantitative estimate of drug-likeness (QED) is 0.193. The molecule has 0 radical (unpaired) electrons. The van der Waals surface area contributed by atoms with Crippen molar-refractivity contribution in [2.24, 2.45) is 0 Å². The van der Waals surface area contributed by atoms with Gasteiger partial charge >= 0.3 is 49.6 Å². The Morgan fingerprint density at radius 1 is 0.367 bits per heavy atom. The standard InChI is InChI=1S/C24H20P.4ClH.Fe/c1-5-13-21(14-6-1)25(22-15-7-2-8-16-22,23-17-9-3-10-18-23)24-19-11-4-12-20-24;;;;;/h1-20H;4*1H;/q+1;;;;;+3/p-4. The summed E-state index contributed by atoms with van der Waals surface area (Å²) in [5.41, 5.74) is 0. The SMILES string of the molecule is [Cl][Fe-]([Cl])([Cl])[Cl].c1ccc([P+](c2ccccc2)(c2ccccc2)c2ccccc2)cc1. The molecule has 4 aromatic carbocycles. The van der Waals surface area contributed by atoms with Crippen molar-refractivity contribution < 1.29 is 9.20 Å². The third-order valence-corrected chi connectivity index (χ3v) is 8.86. The van der Waals surface area contributed by atoms with Crippen molar-refractivity contribution in [1.82, 2.24) is 0 Å². The van der Waals surface area contributed by atoms with Gasteiger partial charge < -0.3 is 0 Å². The van der Waals surface area contributed by atoms with Crippen molar-refractivity contribution in [3.8, 4) is 0 Å². The number of halogens is 4. The monoisotopic (exact) mass is 535 g/mol. The second-order valence-electron chi connectivity index (χ2n) is 6.32. The summed E-state index contributed by atoms with van der Waals surface area (Å²) in [7, 11) is 15.3. The molecule has 0 bridgehead atoms. The molecule has 0 atom stereocenters. The Kier molecular flexibility index (Phi) is 8.70. The molecule has 0 fully saturated rings. The van der Waals surface area contributed by atoms with E-state index in [1.807, 2.05) is 0 Å². The van der Waals surface area contributed by atoms with Crippen LogP contribution in [0.3, 0.4) is 0 Å². The molecule has 30 heavy (non-hydrogen) atoms. The molecule has 0 aliphatic heterocycles. The minimum Gasteiger partial charge on any atom is -0.0620 e. The van der Waals surface area contributed by atoms with Crippen LogP contribution < -0.4 is 21.2 Å². The second kappa shape index (κ2) is 11.0. The molecule has 0 heterocycles. The molecule has 0 aromatic heterocycles. The van der Waals surface area contributed by atoms with E-state index in [-0.39, 0.29) is 0 Å². The van der Waals surface area contributed by atoms with E-state index in [4.69, 9.17) is 40.4 Å². The Morgan fingerprint density at radius 2 is 0.533 bits per heavy atom. The summed E-state index contributed by atoms with van der Waals surface area (Å²) in [5.74, 6) is 0. The van der Waals surface area contributed by atoms with Gasteiger partial charge in [-0.15, -0.1) is 0 Å². The number of hydrogen-bond donors (Lipinski definition) is 0. The zero-order chi connectivity index (χ0) is 21.5. The van der Waals surface area contributed by atoms with Gasteiger partial charge in [0.15, 0.2) is 0 Å². The van der Waals surface area contributed by atoms with E-state index in [2.05, 4.69) is 121 Å². The average Bonchev–Trinajstić information content (AvgIpc) is 2.76. The summed E-state index contributed by atoms with van der Waals surface area (Å²) in [6.45, 7) is 0. The summed E-state index contributed by atoms with van der Waals surface area (Å²) < 4.78 is 0. The van der Waals surface area contributed by atoms with Gasteiger partial charge in [-0.1, -0.05) is 72.8 Å². The molecule has 4 rings (SSSR count). The van der Waals surface area contributed by atoms with E-state index in [9.17, 15) is 0 Å². The average molecular weight is 537 g/mol. The summed E-state index contributed by atoms with van der Waals surface area (Å²) >= 11 is 0. The predicted octanol–water partition coefficient (Wildman–Crippen LogP) is 7.06. The Morgan fingerprint density at radius 3 is 0.700 bits per heavy atom. The zero-order valence-corrected chi connectivity index (χ0v) is 20.9. The van der Waals surface area contributed by atoms with Crippen LogP contribution in [0.5, 0.6) is 0 Å². The van der Waals surface area contributed by atoms with Crippen LogP contribution in [-0.4, -0.2) is 0 Å². The summed E-state index contributed by atoms with van der Waals surface area (Å²) in [6.07, 6.45) is 0. The summed E-state index contributed by atoms with van der Waals surface area (Å²) in [4.78, 5) is 0. The van der Waals surface area contributed by atoms with Gasteiger partial charge in [0.1, 0.15) is 28.5 Å². The largest absolute Gasteiger partial charge is 0.144 e. The van der Waals surface area contributed by atoms with Crippen molar-refractivity contribution in [2.45, 2.75) is 0 Å². The smallest absolute Gasteiger partial charge is 0.0620 e. The maximum atomic E-state index is 4.95. The van der Waals surface area contributed by atoms with Crippen LogP contribution in [0.2, 0.25) is 0 Å². The first kappa shape index (κ1) is 23.6. The zero-order valence-electron chi connectivity index (χ0n) is 15.9. The molecular formula is C24H20Cl4FeP. The molecule has 0 spiro atoms. The Hall–Kier alpha value is -1.01. The molecule has 0 aliphatic rings. The van der Waals surface area contributed by atoms with E-state index >= 15 is 0 Å². The van der Waals surface area contributed by atoms with Crippen molar-refractivity contribution in [3.63, 3.8) is 0 Å². The maximum absolute atomic E-state index is 4.95. The predicted molar refractivity (Wildman–Crippen MR) is 135 cm³/mol. The number of rotatable bonds is 4. The first-order valence-electron chi connectivity index (χ1n) is 9.07. The van der Waals surface area contributed by atoms with Gasteiger partial charge in [-0.25, -0.2) is 0 Å². The van der Waals surface area contributed by atoms with Crippen molar-refractivity contribution in [1.29, 1.82) is 0 Å². The summed E-state index contributed by atoms with van der Waals surface area (Å²) in [5, 5.41) is 5.55. The van der Waals surface area contributed by atoms with Crippen LogP contribution in [0.1, 0.15) is 0 Å². The molecule has 6 heteroatoms. The van der Waals surface area contributed by atoms with Gasteiger partial charge in [0.25, 0.3) is 0 Å². The minimum atomic E-state index is -2.61. The van der Waals surface area contributed by atoms with Gasteiger partial charge in [0.2, 0.25) is 0 Å². The topological polar surface area (TPSA) is 0 Å². The molecule has 0 nitrogen and oxygen atoms in total.